The predicted molar refractivity (Wildman–Crippen MR) is 101 cm³/mol. The molecule has 1 aliphatic heterocycles. The van der Waals surface area contributed by atoms with Crippen molar-refractivity contribution in [3.05, 3.63) is 35.2 Å². The van der Waals surface area contributed by atoms with Crippen LogP contribution in [0.1, 0.15) is 50.3 Å². The minimum atomic E-state index is 0.102. The summed E-state index contributed by atoms with van der Waals surface area (Å²) in [6, 6.07) is 7.35. The number of likely N-dealkylation sites (tertiary alicyclic amines) is 1. The first-order valence-electron chi connectivity index (χ1n) is 9.25. The number of unbranched alkanes of at least 4 members (excludes halogenated alkanes) is 2. The second-order valence-corrected chi connectivity index (χ2v) is 7.18. The summed E-state index contributed by atoms with van der Waals surface area (Å²) in [5.74, 6) is 1.48. The first-order chi connectivity index (χ1) is 12.7. The van der Waals surface area contributed by atoms with Gasteiger partial charge in [0.15, 0.2) is 0 Å². The average Bonchev–Trinajstić information content (AvgIpc) is 3.16. The number of aromatic nitrogens is 2. The molecule has 2 N–H and O–H groups in total. The number of hydrogen-bond donors (Lipinski definition) is 1. The summed E-state index contributed by atoms with van der Waals surface area (Å²) in [6.07, 6.45) is 5.39. The van der Waals surface area contributed by atoms with E-state index in [0.29, 0.717) is 36.2 Å². The van der Waals surface area contributed by atoms with Gasteiger partial charge >= 0.3 is 0 Å². The summed E-state index contributed by atoms with van der Waals surface area (Å²) < 4.78 is 5.48. The molecule has 0 radical (unpaired) electrons. The number of hydrogen-bond acceptors (Lipinski definition) is 5. The molecule has 2 aromatic rings. The number of nitrogens with zero attached hydrogens (tertiary/aromatic N) is 3. The number of piperidine rings is 1. The van der Waals surface area contributed by atoms with Crippen molar-refractivity contribution in [2.24, 2.45) is 5.73 Å². The zero-order valence-electron chi connectivity index (χ0n) is 14.9. The van der Waals surface area contributed by atoms with E-state index in [9.17, 15) is 4.79 Å². The maximum atomic E-state index is 12.4. The summed E-state index contributed by atoms with van der Waals surface area (Å²) in [5.41, 5.74) is 6.37. The van der Waals surface area contributed by atoms with E-state index in [2.05, 4.69) is 10.1 Å². The molecule has 1 atom stereocenters. The van der Waals surface area contributed by atoms with E-state index in [1.54, 1.807) is 12.1 Å². The lowest BCUT2D eigenvalue weighted by Crippen LogP contribution is -2.39. The Morgan fingerprint density at radius 3 is 2.85 bits per heavy atom. The highest BCUT2D eigenvalue weighted by atomic mass is 35.5. The van der Waals surface area contributed by atoms with Crippen LogP contribution in [-0.4, -0.2) is 40.6 Å². The van der Waals surface area contributed by atoms with Crippen molar-refractivity contribution >= 4 is 17.5 Å². The largest absolute Gasteiger partial charge is 0.342 e. The molecule has 7 heteroatoms. The number of carbonyl (C=O) groups excluding carboxylic acids is 1. The van der Waals surface area contributed by atoms with Crippen LogP contribution in [0.2, 0.25) is 5.02 Å². The van der Waals surface area contributed by atoms with Crippen molar-refractivity contribution in [3.8, 4) is 11.4 Å². The Hall–Kier alpha value is -1.92. The van der Waals surface area contributed by atoms with Gasteiger partial charge in [0.05, 0.1) is 5.92 Å². The normalized spacial score (nSPS) is 17.5. The van der Waals surface area contributed by atoms with Crippen molar-refractivity contribution in [1.82, 2.24) is 15.0 Å². The van der Waals surface area contributed by atoms with Crippen LogP contribution in [0.3, 0.4) is 0 Å². The molecule has 2 heterocycles. The monoisotopic (exact) mass is 376 g/mol. The van der Waals surface area contributed by atoms with E-state index in [1.807, 2.05) is 17.0 Å². The van der Waals surface area contributed by atoms with Gasteiger partial charge in [0.2, 0.25) is 17.6 Å². The lowest BCUT2D eigenvalue weighted by molar-refractivity contribution is -0.132. The number of carbonyl (C=O) groups is 1. The Balaban J connectivity index is 1.59. The molecule has 1 aromatic heterocycles. The lowest BCUT2D eigenvalue weighted by Gasteiger charge is -2.31. The van der Waals surface area contributed by atoms with Crippen molar-refractivity contribution in [3.63, 3.8) is 0 Å². The second kappa shape index (κ2) is 9.14. The maximum absolute atomic E-state index is 12.4. The molecule has 0 unspecified atom stereocenters. The fourth-order valence-corrected chi connectivity index (χ4v) is 3.40. The Morgan fingerprint density at radius 1 is 1.27 bits per heavy atom. The number of amides is 1. The zero-order valence-corrected chi connectivity index (χ0v) is 15.6. The van der Waals surface area contributed by atoms with E-state index in [-0.39, 0.29) is 11.8 Å². The molecule has 6 nitrogen and oxygen atoms in total. The molecule has 0 saturated carbocycles. The van der Waals surface area contributed by atoms with Crippen molar-refractivity contribution < 1.29 is 9.32 Å². The first kappa shape index (κ1) is 18.9. The Bertz CT molecular complexity index is 717. The van der Waals surface area contributed by atoms with Gasteiger partial charge in [-0.05, 0) is 56.5 Å². The van der Waals surface area contributed by atoms with E-state index in [4.69, 9.17) is 21.9 Å². The quantitative estimate of drug-likeness (QED) is 0.746. The summed E-state index contributed by atoms with van der Waals surface area (Å²) in [5, 5.41) is 4.76. The van der Waals surface area contributed by atoms with Gasteiger partial charge in [-0.3, -0.25) is 4.79 Å². The average molecular weight is 377 g/mol. The molecule has 0 spiro atoms. The van der Waals surface area contributed by atoms with Crippen LogP contribution in [0.5, 0.6) is 0 Å². The topological polar surface area (TPSA) is 85.3 Å². The van der Waals surface area contributed by atoms with Crippen LogP contribution < -0.4 is 5.73 Å². The molecule has 140 valence electrons. The molecule has 0 aliphatic carbocycles. The first-order valence-corrected chi connectivity index (χ1v) is 9.62. The highest BCUT2D eigenvalue weighted by molar-refractivity contribution is 6.30. The van der Waals surface area contributed by atoms with Gasteiger partial charge in [0, 0.05) is 30.1 Å². The summed E-state index contributed by atoms with van der Waals surface area (Å²) in [7, 11) is 0. The number of benzene rings is 1. The maximum Gasteiger partial charge on any atom is 0.231 e. The Kier molecular flexibility index (Phi) is 6.63. The van der Waals surface area contributed by atoms with E-state index in [1.165, 1.54) is 0 Å². The number of halogens is 1. The molecule has 1 fully saturated rings. The molecular weight excluding hydrogens is 352 g/mol. The Morgan fingerprint density at radius 2 is 2.08 bits per heavy atom. The van der Waals surface area contributed by atoms with Crippen molar-refractivity contribution in [2.45, 2.75) is 44.4 Å². The zero-order chi connectivity index (χ0) is 18.4. The molecule has 26 heavy (non-hydrogen) atoms. The van der Waals surface area contributed by atoms with Gasteiger partial charge in [-0.2, -0.15) is 4.98 Å². The van der Waals surface area contributed by atoms with Crippen LogP contribution >= 0.6 is 11.6 Å². The summed E-state index contributed by atoms with van der Waals surface area (Å²) >= 11 is 5.92. The van der Waals surface area contributed by atoms with Gasteiger partial charge in [-0.15, -0.1) is 0 Å². The smallest absolute Gasteiger partial charge is 0.231 e. The molecule has 1 aromatic carbocycles. The van der Waals surface area contributed by atoms with Gasteiger partial charge in [-0.1, -0.05) is 23.2 Å². The fourth-order valence-electron chi connectivity index (χ4n) is 3.28. The molecule has 0 bridgehead atoms. The van der Waals surface area contributed by atoms with Gasteiger partial charge in [-0.25, -0.2) is 0 Å². The summed E-state index contributed by atoms with van der Waals surface area (Å²) in [4.78, 5) is 18.9. The van der Waals surface area contributed by atoms with E-state index >= 15 is 0 Å². The minimum absolute atomic E-state index is 0.102. The summed E-state index contributed by atoms with van der Waals surface area (Å²) in [6.45, 7) is 2.15. The van der Waals surface area contributed by atoms with Gasteiger partial charge in [0.1, 0.15) is 0 Å². The highest BCUT2D eigenvalue weighted by Crippen LogP contribution is 2.28. The van der Waals surface area contributed by atoms with Gasteiger partial charge < -0.3 is 15.2 Å². The minimum Gasteiger partial charge on any atom is -0.342 e. The lowest BCUT2D eigenvalue weighted by atomic mass is 9.97. The fraction of sp³-hybridized carbons (Fsp3) is 0.526. The highest BCUT2D eigenvalue weighted by Gasteiger charge is 2.28. The van der Waals surface area contributed by atoms with Crippen molar-refractivity contribution in [2.75, 3.05) is 19.6 Å². The third-order valence-corrected chi connectivity index (χ3v) is 5.01. The van der Waals surface area contributed by atoms with Crippen LogP contribution in [0.4, 0.5) is 0 Å². The van der Waals surface area contributed by atoms with Crippen LogP contribution in [-0.2, 0) is 4.79 Å². The Labute approximate surface area is 158 Å². The van der Waals surface area contributed by atoms with Crippen LogP contribution in [0.15, 0.2) is 28.8 Å². The third kappa shape index (κ3) is 4.83. The molecular formula is C19H25ClN4O2. The van der Waals surface area contributed by atoms with Crippen LogP contribution in [0.25, 0.3) is 11.4 Å². The molecule has 1 aliphatic rings. The van der Waals surface area contributed by atoms with E-state index in [0.717, 1.165) is 44.2 Å². The number of rotatable bonds is 7. The number of nitrogens with two attached hydrogens (primary N) is 1. The van der Waals surface area contributed by atoms with Gasteiger partial charge in [0.25, 0.3) is 0 Å². The molecule has 1 amide bonds. The SMILES string of the molecule is NCCCCCC(=O)N1CCC[C@H](c2nc(-c3ccc(Cl)cc3)no2)C1. The standard InChI is InChI=1S/C19H25ClN4O2/c20-16-9-7-14(8-10-16)18-22-19(26-23-18)15-5-4-12-24(13-15)17(25)6-2-1-3-11-21/h7-10,15H,1-6,11-13,21H2/t15-/m0/s1. The third-order valence-electron chi connectivity index (χ3n) is 4.76. The van der Waals surface area contributed by atoms with Crippen LogP contribution in [0, 0.1) is 0 Å². The molecule has 3 rings (SSSR count). The van der Waals surface area contributed by atoms with E-state index < -0.39 is 0 Å². The second-order valence-electron chi connectivity index (χ2n) is 6.74. The predicted octanol–water partition coefficient (Wildman–Crippen LogP) is 3.62. The molecule has 1 saturated heterocycles. The van der Waals surface area contributed by atoms with Crippen molar-refractivity contribution in [1.29, 1.82) is 0 Å².